The first-order chi connectivity index (χ1) is 3.17. The van der Waals surface area contributed by atoms with Crippen LogP contribution in [0.4, 0.5) is 0 Å². The van der Waals surface area contributed by atoms with E-state index in [1.54, 1.807) is 0 Å². The van der Waals surface area contributed by atoms with Crippen LogP contribution in [-0.4, -0.2) is 0 Å². The maximum absolute atomic E-state index is 5.16. The van der Waals surface area contributed by atoms with Gasteiger partial charge in [-0.1, -0.05) is 13.8 Å². The van der Waals surface area contributed by atoms with Crippen molar-refractivity contribution in [2.45, 2.75) is 20.3 Å². The number of hydrogen-bond acceptors (Lipinski definition) is 0. The molecule has 1 rings (SSSR count). The van der Waals surface area contributed by atoms with E-state index in [-0.39, 0.29) is 0 Å². The quantitative estimate of drug-likeness (QED) is 0.400. The van der Waals surface area contributed by atoms with Crippen LogP contribution in [0.5, 0.6) is 0 Å². The van der Waals surface area contributed by atoms with Crippen LogP contribution in [0.25, 0.3) is 0 Å². The highest BCUT2D eigenvalue weighted by molar-refractivity contribution is 5.12. The minimum Gasteiger partial charge on any atom is -0.120 e. The average molecular weight is 94.2 g/mol. The minimum atomic E-state index is 0.481. The van der Waals surface area contributed by atoms with Gasteiger partial charge in [-0.05, 0) is 11.8 Å². The fourth-order valence-electron chi connectivity index (χ4n) is 0.752. The largest absolute Gasteiger partial charge is 0.120 e. The van der Waals surface area contributed by atoms with Gasteiger partial charge in [0.05, 0.1) is 0 Å². The summed E-state index contributed by atoms with van der Waals surface area (Å²) >= 11 is 0. The Labute approximate surface area is 44.9 Å². The second-order valence-corrected chi connectivity index (χ2v) is 2.91. The zero-order valence-electron chi connectivity index (χ0n) is 4.86. The van der Waals surface area contributed by atoms with Gasteiger partial charge in [0, 0.05) is 5.92 Å². The number of rotatable bonds is 0. The van der Waals surface area contributed by atoms with E-state index in [1.807, 2.05) is 0 Å². The highest BCUT2D eigenvalue weighted by Crippen LogP contribution is 2.50. The molecule has 7 heavy (non-hydrogen) atoms. The highest BCUT2D eigenvalue weighted by atomic mass is 14.5. The third-order valence-corrected chi connectivity index (χ3v) is 1.71. The fraction of sp³-hybridized carbons (Fsp3) is 0.714. The SMILES string of the molecule is C#CC1CC1(C)C. The van der Waals surface area contributed by atoms with Gasteiger partial charge in [0.2, 0.25) is 0 Å². The van der Waals surface area contributed by atoms with Gasteiger partial charge in [-0.3, -0.25) is 0 Å². The van der Waals surface area contributed by atoms with Crippen molar-refractivity contribution >= 4 is 0 Å². The van der Waals surface area contributed by atoms with Crippen LogP contribution in [0.1, 0.15) is 20.3 Å². The van der Waals surface area contributed by atoms with E-state index in [0.29, 0.717) is 11.3 Å². The van der Waals surface area contributed by atoms with E-state index < -0.39 is 0 Å². The second kappa shape index (κ2) is 1.04. The van der Waals surface area contributed by atoms with Gasteiger partial charge in [0.25, 0.3) is 0 Å². The van der Waals surface area contributed by atoms with E-state index in [1.165, 1.54) is 6.42 Å². The molecule has 0 aliphatic heterocycles. The zero-order valence-corrected chi connectivity index (χ0v) is 4.86. The summed E-state index contributed by atoms with van der Waals surface area (Å²) in [6.07, 6.45) is 6.39. The summed E-state index contributed by atoms with van der Waals surface area (Å²) in [7, 11) is 0. The summed E-state index contributed by atoms with van der Waals surface area (Å²) in [5, 5.41) is 0. The Morgan fingerprint density at radius 3 is 2.14 bits per heavy atom. The summed E-state index contributed by atoms with van der Waals surface area (Å²) in [6.45, 7) is 4.41. The molecule has 1 atom stereocenters. The maximum Gasteiger partial charge on any atom is 0.0257 e. The predicted octanol–water partition coefficient (Wildman–Crippen LogP) is 1.67. The normalized spacial score (nSPS) is 34.1. The van der Waals surface area contributed by atoms with Crippen LogP contribution >= 0.6 is 0 Å². The molecule has 0 amide bonds. The smallest absolute Gasteiger partial charge is 0.0257 e. The zero-order chi connectivity index (χ0) is 5.49. The van der Waals surface area contributed by atoms with E-state index >= 15 is 0 Å². The van der Waals surface area contributed by atoms with Crippen molar-refractivity contribution in [3.63, 3.8) is 0 Å². The lowest BCUT2D eigenvalue weighted by molar-refractivity contribution is 0.617. The molecule has 1 aliphatic rings. The van der Waals surface area contributed by atoms with Crippen molar-refractivity contribution in [1.82, 2.24) is 0 Å². The van der Waals surface area contributed by atoms with E-state index in [9.17, 15) is 0 Å². The molecule has 1 fully saturated rings. The van der Waals surface area contributed by atoms with Crippen molar-refractivity contribution in [3.05, 3.63) is 0 Å². The number of hydrogen-bond donors (Lipinski definition) is 0. The first-order valence-electron chi connectivity index (χ1n) is 2.63. The van der Waals surface area contributed by atoms with Gasteiger partial charge in [-0.2, -0.15) is 0 Å². The topological polar surface area (TPSA) is 0 Å². The molecule has 0 N–H and O–H groups in total. The lowest BCUT2D eigenvalue weighted by Gasteiger charge is -1.91. The lowest BCUT2D eigenvalue weighted by atomic mass is 10.1. The van der Waals surface area contributed by atoms with Gasteiger partial charge in [0.1, 0.15) is 0 Å². The van der Waals surface area contributed by atoms with Crippen molar-refractivity contribution in [2.24, 2.45) is 11.3 Å². The average Bonchev–Trinajstić information content (AvgIpc) is 2.13. The summed E-state index contributed by atoms with van der Waals surface area (Å²) in [4.78, 5) is 0. The number of terminal acetylenes is 1. The minimum absolute atomic E-state index is 0.481. The van der Waals surface area contributed by atoms with Crippen LogP contribution in [0, 0.1) is 23.7 Å². The molecule has 0 bridgehead atoms. The monoisotopic (exact) mass is 94.1 g/mol. The molecule has 0 aromatic heterocycles. The van der Waals surface area contributed by atoms with Gasteiger partial charge < -0.3 is 0 Å². The molecule has 38 valence electrons. The second-order valence-electron chi connectivity index (χ2n) is 2.91. The van der Waals surface area contributed by atoms with Crippen LogP contribution < -0.4 is 0 Å². The maximum atomic E-state index is 5.16. The Morgan fingerprint density at radius 2 is 2.14 bits per heavy atom. The fourth-order valence-corrected chi connectivity index (χ4v) is 0.752. The summed E-state index contributed by atoms with van der Waals surface area (Å²) in [5.74, 6) is 3.31. The van der Waals surface area contributed by atoms with Gasteiger partial charge in [0.15, 0.2) is 0 Å². The van der Waals surface area contributed by atoms with Crippen LogP contribution in [-0.2, 0) is 0 Å². The molecule has 0 heterocycles. The molecule has 0 aromatic carbocycles. The third kappa shape index (κ3) is 0.632. The van der Waals surface area contributed by atoms with Gasteiger partial charge >= 0.3 is 0 Å². The van der Waals surface area contributed by atoms with E-state index in [0.717, 1.165) is 0 Å². The molecular formula is C7H10. The van der Waals surface area contributed by atoms with Crippen LogP contribution in [0.3, 0.4) is 0 Å². The molecule has 0 heteroatoms. The standard InChI is InChI=1S/C7H10/c1-4-6-5-7(6,2)3/h1,6H,5H2,2-3H3. The van der Waals surface area contributed by atoms with Gasteiger partial charge in [-0.15, -0.1) is 12.3 Å². The Bertz CT molecular complexity index is 114. The van der Waals surface area contributed by atoms with Crippen LogP contribution in [0.2, 0.25) is 0 Å². The summed E-state index contributed by atoms with van der Waals surface area (Å²) < 4.78 is 0. The molecule has 0 spiro atoms. The van der Waals surface area contributed by atoms with Crippen LogP contribution in [0.15, 0.2) is 0 Å². The van der Waals surface area contributed by atoms with Crippen molar-refractivity contribution in [3.8, 4) is 12.3 Å². The molecule has 0 saturated heterocycles. The third-order valence-electron chi connectivity index (χ3n) is 1.71. The molecule has 0 radical (unpaired) electrons. The van der Waals surface area contributed by atoms with Gasteiger partial charge in [-0.25, -0.2) is 0 Å². The molecular weight excluding hydrogens is 84.1 g/mol. The lowest BCUT2D eigenvalue weighted by Crippen LogP contribution is -1.84. The summed E-state index contributed by atoms with van der Waals surface area (Å²) in [6, 6.07) is 0. The molecule has 1 saturated carbocycles. The molecule has 0 aromatic rings. The predicted molar refractivity (Wildman–Crippen MR) is 30.7 cm³/mol. The Balaban J connectivity index is 2.49. The molecule has 1 aliphatic carbocycles. The van der Waals surface area contributed by atoms with Crippen molar-refractivity contribution in [2.75, 3.05) is 0 Å². The summed E-state index contributed by atoms with van der Waals surface area (Å²) in [5.41, 5.74) is 0.481. The molecule has 1 unspecified atom stereocenters. The first-order valence-corrected chi connectivity index (χ1v) is 2.63. The Kier molecular flexibility index (Phi) is 0.698. The Morgan fingerprint density at radius 1 is 1.71 bits per heavy atom. The van der Waals surface area contributed by atoms with E-state index in [2.05, 4.69) is 19.8 Å². The Hall–Kier alpha value is -0.440. The van der Waals surface area contributed by atoms with Crippen molar-refractivity contribution in [1.29, 1.82) is 0 Å². The van der Waals surface area contributed by atoms with Crippen molar-refractivity contribution < 1.29 is 0 Å². The highest BCUT2D eigenvalue weighted by Gasteiger charge is 2.44. The molecule has 0 nitrogen and oxygen atoms in total. The first kappa shape index (κ1) is 4.71. The van der Waals surface area contributed by atoms with E-state index in [4.69, 9.17) is 6.42 Å².